The minimum absolute atomic E-state index is 0.0242. The molecule has 86 valence electrons. The van der Waals surface area contributed by atoms with E-state index in [1.165, 1.54) is 13.3 Å². The van der Waals surface area contributed by atoms with Crippen molar-refractivity contribution >= 4 is 17.4 Å². The lowest BCUT2D eigenvalue weighted by molar-refractivity contribution is -0.116. The van der Waals surface area contributed by atoms with Crippen LogP contribution in [0.4, 0.5) is 11.5 Å². The molecule has 5 heteroatoms. The standard InChI is InChI=1S/C11H15N3O2/c1-16-9-5-8(6-13-11(9)12)14-10(15)4-7-2-3-7/h5-7H,2-4H2,1H3,(H2,12,13)(H,14,15). The summed E-state index contributed by atoms with van der Waals surface area (Å²) in [5, 5.41) is 2.78. The van der Waals surface area contributed by atoms with E-state index in [1.54, 1.807) is 6.07 Å². The van der Waals surface area contributed by atoms with Crippen LogP contribution in [-0.2, 0) is 4.79 Å². The van der Waals surface area contributed by atoms with Crippen molar-refractivity contribution in [3.8, 4) is 5.75 Å². The summed E-state index contributed by atoms with van der Waals surface area (Å²) >= 11 is 0. The van der Waals surface area contributed by atoms with E-state index in [9.17, 15) is 4.79 Å². The molecule has 1 heterocycles. The van der Waals surface area contributed by atoms with Crippen molar-refractivity contribution in [2.45, 2.75) is 19.3 Å². The van der Waals surface area contributed by atoms with Gasteiger partial charge in [-0.1, -0.05) is 0 Å². The van der Waals surface area contributed by atoms with E-state index in [0.717, 1.165) is 12.8 Å². The molecule has 2 rings (SSSR count). The average Bonchev–Trinajstić information content (AvgIpc) is 3.04. The topological polar surface area (TPSA) is 77.2 Å². The van der Waals surface area contributed by atoms with E-state index in [0.29, 0.717) is 29.6 Å². The van der Waals surface area contributed by atoms with Gasteiger partial charge in [0.1, 0.15) is 0 Å². The third-order valence-corrected chi connectivity index (χ3v) is 2.56. The van der Waals surface area contributed by atoms with Crippen molar-refractivity contribution in [2.24, 2.45) is 5.92 Å². The maximum atomic E-state index is 11.5. The Bertz CT molecular complexity index is 402. The fourth-order valence-corrected chi connectivity index (χ4v) is 1.48. The van der Waals surface area contributed by atoms with Crippen molar-refractivity contribution in [1.29, 1.82) is 0 Å². The van der Waals surface area contributed by atoms with Crippen LogP contribution in [0.15, 0.2) is 12.3 Å². The normalized spacial score (nSPS) is 14.6. The molecule has 16 heavy (non-hydrogen) atoms. The van der Waals surface area contributed by atoms with E-state index in [-0.39, 0.29) is 5.91 Å². The van der Waals surface area contributed by atoms with Crippen LogP contribution < -0.4 is 15.8 Å². The Balaban J connectivity index is 1.99. The van der Waals surface area contributed by atoms with Crippen molar-refractivity contribution in [3.63, 3.8) is 0 Å². The van der Waals surface area contributed by atoms with E-state index in [4.69, 9.17) is 10.5 Å². The number of hydrogen-bond acceptors (Lipinski definition) is 4. The van der Waals surface area contributed by atoms with Gasteiger partial charge in [-0.2, -0.15) is 0 Å². The lowest BCUT2D eigenvalue weighted by atomic mass is 10.2. The summed E-state index contributed by atoms with van der Waals surface area (Å²) in [6.45, 7) is 0. The maximum absolute atomic E-state index is 11.5. The molecule has 1 aromatic heterocycles. The van der Waals surface area contributed by atoms with Gasteiger partial charge in [0.15, 0.2) is 11.6 Å². The van der Waals surface area contributed by atoms with Gasteiger partial charge in [-0.05, 0) is 18.8 Å². The molecule has 0 saturated heterocycles. The first-order valence-corrected chi connectivity index (χ1v) is 5.28. The molecule has 0 aliphatic heterocycles. The lowest BCUT2D eigenvalue weighted by Crippen LogP contribution is -2.12. The summed E-state index contributed by atoms with van der Waals surface area (Å²) in [6.07, 6.45) is 4.45. The van der Waals surface area contributed by atoms with Crippen LogP contribution in [0.3, 0.4) is 0 Å². The van der Waals surface area contributed by atoms with Crippen molar-refractivity contribution in [2.75, 3.05) is 18.2 Å². The molecule has 1 saturated carbocycles. The Kier molecular flexibility index (Phi) is 2.94. The molecular weight excluding hydrogens is 206 g/mol. The van der Waals surface area contributed by atoms with Gasteiger partial charge in [-0.15, -0.1) is 0 Å². The van der Waals surface area contributed by atoms with Crippen LogP contribution in [0.2, 0.25) is 0 Å². The molecule has 0 radical (unpaired) electrons. The highest BCUT2D eigenvalue weighted by atomic mass is 16.5. The second kappa shape index (κ2) is 4.38. The summed E-state index contributed by atoms with van der Waals surface area (Å²) in [5.41, 5.74) is 6.19. The monoisotopic (exact) mass is 221 g/mol. The molecule has 0 unspecified atom stereocenters. The Labute approximate surface area is 94.0 Å². The van der Waals surface area contributed by atoms with Gasteiger partial charge in [0.2, 0.25) is 5.91 Å². The molecule has 5 nitrogen and oxygen atoms in total. The number of nitrogens with one attached hydrogen (secondary N) is 1. The minimum Gasteiger partial charge on any atom is -0.493 e. The van der Waals surface area contributed by atoms with Crippen molar-refractivity contribution in [3.05, 3.63) is 12.3 Å². The largest absolute Gasteiger partial charge is 0.493 e. The van der Waals surface area contributed by atoms with Crippen LogP contribution in [0.25, 0.3) is 0 Å². The molecule has 0 bridgehead atoms. The second-order valence-corrected chi connectivity index (χ2v) is 4.01. The number of nitrogen functional groups attached to an aromatic ring is 1. The Hall–Kier alpha value is -1.78. The second-order valence-electron chi connectivity index (χ2n) is 4.01. The highest BCUT2D eigenvalue weighted by molar-refractivity contribution is 5.91. The van der Waals surface area contributed by atoms with Gasteiger partial charge in [0.25, 0.3) is 0 Å². The number of nitrogens with zero attached hydrogens (tertiary/aromatic N) is 1. The molecule has 1 amide bonds. The SMILES string of the molecule is COc1cc(NC(=O)CC2CC2)cnc1N. The zero-order valence-corrected chi connectivity index (χ0v) is 9.19. The van der Waals surface area contributed by atoms with Gasteiger partial charge in [0.05, 0.1) is 19.0 Å². The van der Waals surface area contributed by atoms with E-state index in [2.05, 4.69) is 10.3 Å². The Morgan fingerprint density at radius 3 is 3.06 bits per heavy atom. The Morgan fingerprint density at radius 2 is 2.44 bits per heavy atom. The summed E-state index contributed by atoms with van der Waals surface area (Å²) in [4.78, 5) is 15.5. The number of aromatic nitrogens is 1. The van der Waals surface area contributed by atoms with Crippen LogP contribution >= 0.6 is 0 Å². The van der Waals surface area contributed by atoms with Crippen LogP contribution in [-0.4, -0.2) is 18.0 Å². The number of amides is 1. The first-order chi connectivity index (χ1) is 7.69. The zero-order chi connectivity index (χ0) is 11.5. The van der Waals surface area contributed by atoms with Gasteiger partial charge >= 0.3 is 0 Å². The fraction of sp³-hybridized carbons (Fsp3) is 0.455. The van der Waals surface area contributed by atoms with Gasteiger partial charge < -0.3 is 15.8 Å². The number of pyridine rings is 1. The van der Waals surface area contributed by atoms with Crippen LogP contribution in [0.5, 0.6) is 5.75 Å². The van der Waals surface area contributed by atoms with E-state index in [1.807, 2.05) is 0 Å². The first kappa shape index (κ1) is 10.7. The smallest absolute Gasteiger partial charge is 0.224 e. The molecule has 1 aromatic rings. The number of hydrogen-bond donors (Lipinski definition) is 2. The number of methoxy groups -OCH3 is 1. The molecule has 0 spiro atoms. The number of ether oxygens (including phenoxy) is 1. The van der Waals surface area contributed by atoms with Gasteiger partial charge in [0, 0.05) is 12.5 Å². The summed E-state index contributed by atoms with van der Waals surface area (Å²) in [7, 11) is 1.52. The number of carbonyl (C=O) groups excluding carboxylic acids is 1. The molecule has 1 fully saturated rings. The number of nitrogens with two attached hydrogens (primary N) is 1. The Morgan fingerprint density at radius 1 is 1.69 bits per heavy atom. The fourth-order valence-electron chi connectivity index (χ4n) is 1.48. The average molecular weight is 221 g/mol. The molecule has 0 atom stereocenters. The third-order valence-electron chi connectivity index (χ3n) is 2.56. The number of anilines is 2. The summed E-state index contributed by atoms with van der Waals surface area (Å²) < 4.78 is 5.02. The molecule has 3 N–H and O–H groups in total. The van der Waals surface area contributed by atoms with E-state index < -0.39 is 0 Å². The highest BCUT2D eigenvalue weighted by Crippen LogP contribution is 2.32. The van der Waals surface area contributed by atoms with Gasteiger partial charge in [-0.3, -0.25) is 4.79 Å². The van der Waals surface area contributed by atoms with Crippen molar-refractivity contribution in [1.82, 2.24) is 4.98 Å². The highest BCUT2D eigenvalue weighted by Gasteiger charge is 2.24. The van der Waals surface area contributed by atoms with Crippen molar-refractivity contribution < 1.29 is 9.53 Å². The first-order valence-electron chi connectivity index (χ1n) is 5.28. The van der Waals surface area contributed by atoms with Gasteiger partial charge in [-0.25, -0.2) is 4.98 Å². The lowest BCUT2D eigenvalue weighted by Gasteiger charge is -2.07. The van der Waals surface area contributed by atoms with Crippen LogP contribution in [0.1, 0.15) is 19.3 Å². The number of carbonyl (C=O) groups is 1. The third kappa shape index (κ3) is 2.62. The van der Waals surface area contributed by atoms with E-state index >= 15 is 0 Å². The summed E-state index contributed by atoms with van der Waals surface area (Å²) in [6, 6.07) is 1.67. The predicted octanol–water partition coefficient (Wildman–Crippen LogP) is 1.41. The number of rotatable bonds is 4. The van der Waals surface area contributed by atoms with Crippen LogP contribution in [0, 0.1) is 5.92 Å². The molecule has 1 aliphatic carbocycles. The molecule has 0 aromatic carbocycles. The minimum atomic E-state index is 0.0242. The maximum Gasteiger partial charge on any atom is 0.224 e. The zero-order valence-electron chi connectivity index (χ0n) is 9.19. The predicted molar refractivity (Wildman–Crippen MR) is 61.2 cm³/mol. The quantitative estimate of drug-likeness (QED) is 0.805. The molecular formula is C11H15N3O2. The molecule has 1 aliphatic rings. The summed E-state index contributed by atoms with van der Waals surface area (Å²) in [5.74, 6) is 1.40.